The predicted octanol–water partition coefficient (Wildman–Crippen LogP) is 2.21. The van der Waals surface area contributed by atoms with Crippen molar-refractivity contribution in [2.45, 2.75) is 32.9 Å². The summed E-state index contributed by atoms with van der Waals surface area (Å²) in [7, 11) is 0. The lowest BCUT2D eigenvalue weighted by molar-refractivity contribution is 0.0794. The van der Waals surface area contributed by atoms with E-state index >= 15 is 0 Å². The van der Waals surface area contributed by atoms with Crippen LogP contribution in [0.3, 0.4) is 0 Å². The van der Waals surface area contributed by atoms with Gasteiger partial charge in [0, 0.05) is 23.7 Å². The number of hydrogen-bond acceptors (Lipinski definition) is 3. The lowest BCUT2D eigenvalue weighted by atomic mass is 10.1. The van der Waals surface area contributed by atoms with Crippen molar-refractivity contribution in [2.75, 3.05) is 6.54 Å². The Balaban J connectivity index is 2.67. The number of phenolic OH excluding ortho intramolecular Hbond substituents is 1. The van der Waals surface area contributed by atoms with Crippen LogP contribution < -0.4 is 5.32 Å². The van der Waals surface area contributed by atoms with E-state index < -0.39 is 5.60 Å². The van der Waals surface area contributed by atoms with Gasteiger partial charge in [0.05, 0.1) is 5.60 Å². The van der Waals surface area contributed by atoms with Crippen LogP contribution in [0.1, 0.15) is 25.0 Å². The van der Waals surface area contributed by atoms with Gasteiger partial charge in [0.1, 0.15) is 5.75 Å². The molecule has 1 aromatic rings. The molecule has 1 rings (SSSR count). The highest BCUT2D eigenvalue weighted by Gasteiger charge is 2.12. The average Bonchev–Trinajstić information content (AvgIpc) is 2.11. The molecule has 1 aromatic carbocycles. The highest BCUT2D eigenvalue weighted by atomic mass is 35.5. The molecule has 0 heterocycles. The van der Waals surface area contributed by atoms with Crippen LogP contribution in [0.25, 0.3) is 0 Å². The lowest BCUT2D eigenvalue weighted by Gasteiger charge is -2.18. The second kappa shape index (κ2) is 5.04. The molecule has 0 unspecified atom stereocenters. The Morgan fingerprint density at radius 2 is 2.00 bits per heavy atom. The summed E-state index contributed by atoms with van der Waals surface area (Å²) in [6, 6.07) is 3.44. The molecule has 0 bridgehead atoms. The number of aromatic hydroxyl groups is 1. The lowest BCUT2D eigenvalue weighted by Crippen LogP contribution is -2.34. The normalized spacial score (nSPS) is 11.8. The Labute approximate surface area is 101 Å². The average molecular weight is 244 g/mol. The smallest absolute Gasteiger partial charge is 0.123 e. The molecule has 0 saturated heterocycles. The zero-order valence-electron chi connectivity index (χ0n) is 9.84. The Bertz CT molecular complexity index is 372. The zero-order valence-corrected chi connectivity index (χ0v) is 10.6. The third kappa shape index (κ3) is 4.00. The Morgan fingerprint density at radius 3 is 2.56 bits per heavy atom. The molecule has 0 aliphatic carbocycles. The number of hydrogen-bond donors (Lipinski definition) is 3. The van der Waals surface area contributed by atoms with Crippen molar-refractivity contribution in [2.24, 2.45) is 0 Å². The molecule has 0 radical (unpaired) electrons. The number of benzene rings is 1. The van der Waals surface area contributed by atoms with Crippen molar-refractivity contribution in [3.05, 3.63) is 28.3 Å². The van der Waals surface area contributed by atoms with Crippen LogP contribution in [-0.2, 0) is 6.54 Å². The van der Waals surface area contributed by atoms with E-state index in [1.54, 1.807) is 32.9 Å². The standard InChI is InChI=1S/C12H18ClNO2/c1-8-4-10(13)5-9(11(8)15)6-14-7-12(2,3)16/h4-5,14-16H,6-7H2,1-3H3. The summed E-state index contributed by atoms with van der Waals surface area (Å²) < 4.78 is 0. The fourth-order valence-electron chi connectivity index (χ4n) is 1.44. The van der Waals surface area contributed by atoms with Crippen molar-refractivity contribution in [1.29, 1.82) is 0 Å². The van der Waals surface area contributed by atoms with Gasteiger partial charge < -0.3 is 15.5 Å². The van der Waals surface area contributed by atoms with Crippen molar-refractivity contribution in [1.82, 2.24) is 5.32 Å². The number of phenols is 1. The number of nitrogens with one attached hydrogen (secondary N) is 1. The van der Waals surface area contributed by atoms with Gasteiger partial charge in [-0.3, -0.25) is 0 Å². The second-order valence-corrected chi connectivity index (χ2v) is 5.08. The van der Waals surface area contributed by atoms with Crippen LogP contribution >= 0.6 is 11.6 Å². The minimum absolute atomic E-state index is 0.257. The van der Waals surface area contributed by atoms with Crippen LogP contribution in [0.5, 0.6) is 5.75 Å². The van der Waals surface area contributed by atoms with E-state index in [1.807, 2.05) is 0 Å². The molecule has 0 aromatic heterocycles. The van der Waals surface area contributed by atoms with Gasteiger partial charge in [0.25, 0.3) is 0 Å². The molecule has 0 amide bonds. The summed E-state index contributed by atoms with van der Waals surface area (Å²) in [5.41, 5.74) is 0.741. The van der Waals surface area contributed by atoms with Crippen molar-refractivity contribution >= 4 is 11.6 Å². The van der Waals surface area contributed by atoms with Gasteiger partial charge in [-0.2, -0.15) is 0 Å². The summed E-state index contributed by atoms with van der Waals surface area (Å²) in [4.78, 5) is 0. The van der Waals surface area contributed by atoms with Gasteiger partial charge in [-0.05, 0) is 38.5 Å². The minimum Gasteiger partial charge on any atom is -0.507 e. The van der Waals surface area contributed by atoms with Crippen LogP contribution in [-0.4, -0.2) is 22.4 Å². The van der Waals surface area contributed by atoms with Gasteiger partial charge in [0.2, 0.25) is 0 Å². The molecule has 3 N–H and O–H groups in total. The first-order valence-corrected chi connectivity index (χ1v) is 5.58. The minimum atomic E-state index is -0.761. The maximum atomic E-state index is 9.79. The predicted molar refractivity (Wildman–Crippen MR) is 65.9 cm³/mol. The van der Waals surface area contributed by atoms with Crippen molar-refractivity contribution < 1.29 is 10.2 Å². The molecular weight excluding hydrogens is 226 g/mol. The number of halogens is 1. The zero-order chi connectivity index (χ0) is 12.3. The van der Waals surface area contributed by atoms with Crippen molar-refractivity contribution in [3.63, 3.8) is 0 Å². The second-order valence-electron chi connectivity index (χ2n) is 4.65. The van der Waals surface area contributed by atoms with Crippen LogP contribution in [0, 0.1) is 6.92 Å². The number of aliphatic hydroxyl groups is 1. The van der Waals surface area contributed by atoms with Gasteiger partial charge in [-0.15, -0.1) is 0 Å². The third-order valence-electron chi connectivity index (χ3n) is 2.22. The topological polar surface area (TPSA) is 52.5 Å². The number of rotatable bonds is 4. The maximum Gasteiger partial charge on any atom is 0.123 e. The van der Waals surface area contributed by atoms with E-state index in [0.717, 1.165) is 11.1 Å². The fraction of sp³-hybridized carbons (Fsp3) is 0.500. The largest absolute Gasteiger partial charge is 0.507 e. The van der Waals surface area contributed by atoms with Crippen LogP contribution in [0.15, 0.2) is 12.1 Å². The van der Waals surface area contributed by atoms with Gasteiger partial charge >= 0.3 is 0 Å². The quantitative estimate of drug-likeness (QED) is 0.760. The highest BCUT2D eigenvalue weighted by molar-refractivity contribution is 6.30. The van der Waals surface area contributed by atoms with E-state index in [0.29, 0.717) is 18.1 Å². The molecule has 0 atom stereocenters. The SMILES string of the molecule is Cc1cc(Cl)cc(CNCC(C)(C)O)c1O. The van der Waals surface area contributed by atoms with E-state index in [9.17, 15) is 10.2 Å². The molecule has 90 valence electrons. The molecule has 0 aliphatic heterocycles. The molecule has 0 aliphatic rings. The first-order chi connectivity index (χ1) is 7.29. The van der Waals surface area contributed by atoms with E-state index in [1.165, 1.54) is 0 Å². The summed E-state index contributed by atoms with van der Waals surface area (Å²) in [5.74, 6) is 0.257. The molecule has 16 heavy (non-hydrogen) atoms. The summed E-state index contributed by atoms with van der Waals surface area (Å²) in [6.45, 7) is 6.20. The van der Waals surface area contributed by atoms with Crippen LogP contribution in [0.4, 0.5) is 0 Å². The Kier molecular flexibility index (Phi) is 4.19. The monoisotopic (exact) mass is 243 g/mol. The van der Waals surface area contributed by atoms with Crippen LogP contribution in [0.2, 0.25) is 5.02 Å². The van der Waals surface area contributed by atoms with E-state index in [-0.39, 0.29) is 5.75 Å². The first-order valence-electron chi connectivity index (χ1n) is 5.21. The molecular formula is C12H18ClNO2. The van der Waals surface area contributed by atoms with E-state index in [2.05, 4.69) is 5.32 Å². The summed E-state index contributed by atoms with van der Waals surface area (Å²) >= 11 is 5.90. The molecule has 3 nitrogen and oxygen atoms in total. The summed E-state index contributed by atoms with van der Waals surface area (Å²) in [5, 5.41) is 23.0. The first kappa shape index (κ1) is 13.3. The molecule has 0 saturated carbocycles. The number of aryl methyl sites for hydroxylation is 1. The fourth-order valence-corrected chi connectivity index (χ4v) is 1.74. The van der Waals surface area contributed by atoms with Crippen molar-refractivity contribution in [3.8, 4) is 5.75 Å². The highest BCUT2D eigenvalue weighted by Crippen LogP contribution is 2.26. The molecule has 0 fully saturated rings. The van der Waals surface area contributed by atoms with Gasteiger partial charge in [-0.1, -0.05) is 11.6 Å². The molecule has 0 spiro atoms. The Morgan fingerprint density at radius 1 is 1.38 bits per heavy atom. The maximum absolute atomic E-state index is 9.79. The van der Waals surface area contributed by atoms with Gasteiger partial charge in [-0.25, -0.2) is 0 Å². The van der Waals surface area contributed by atoms with E-state index in [4.69, 9.17) is 11.6 Å². The Hall–Kier alpha value is -0.770. The summed E-state index contributed by atoms with van der Waals surface area (Å²) in [6.07, 6.45) is 0. The van der Waals surface area contributed by atoms with Gasteiger partial charge in [0.15, 0.2) is 0 Å². The third-order valence-corrected chi connectivity index (χ3v) is 2.44. The molecule has 4 heteroatoms.